The summed E-state index contributed by atoms with van der Waals surface area (Å²) in [5.74, 6) is -0.514. The fraction of sp³-hybridized carbons (Fsp3) is 0.240. The number of hydrogen-bond acceptors (Lipinski definition) is 6. The van der Waals surface area contributed by atoms with Gasteiger partial charge in [-0.05, 0) is 54.6 Å². The summed E-state index contributed by atoms with van der Waals surface area (Å²) in [4.78, 5) is 12.5. The molecule has 0 heterocycles. The van der Waals surface area contributed by atoms with Gasteiger partial charge in [-0.3, -0.25) is 9.10 Å². The van der Waals surface area contributed by atoms with Crippen LogP contribution in [0.4, 0.5) is 18.9 Å². The van der Waals surface area contributed by atoms with E-state index in [0.29, 0.717) is 22.2 Å². The van der Waals surface area contributed by atoms with Gasteiger partial charge in [0.25, 0.3) is 10.0 Å². The zero-order chi connectivity index (χ0) is 29.7. The van der Waals surface area contributed by atoms with Crippen LogP contribution in [0.2, 0.25) is 5.02 Å². The summed E-state index contributed by atoms with van der Waals surface area (Å²) in [6.45, 7) is -1.03. The van der Waals surface area contributed by atoms with Crippen molar-refractivity contribution in [2.24, 2.45) is 0 Å². The molecule has 1 N–H and O–H groups in total. The first-order chi connectivity index (χ1) is 18.6. The Kier molecular flexibility index (Phi) is 9.72. The van der Waals surface area contributed by atoms with Crippen LogP contribution in [0.15, 0.2) is 82.6 Å². The van der Waals surface area contributed by atoms with Gasteiger partial charge in [-0.25, -0.2) is 21.1 Å². The smallest absolute Gasteiger partial charge is 0.416 e. The number of amides is 1. The third kappa shape index (κ3) is 7.44. The van der Waals surface area contributed by atoms with Crippen LogP contribution in [-0.4, -0.2) is 60.8 Å². The molecule has 40 heavy (non-hydrogen) atoms. The summed E-state index contributed by atoms with van der Waals surface area (Å²) in [5.41, 5.74) is -1.65. The zero-order valence-corrected chi connectivity index (χ0v) is 23.6. The number of sulfonamides is 2. The van der Waals surface area contributed by atoms with E-state index in [0.717, 1.165) is 10.4 Å². The SMILES string of the molecule is CN(C)S(=O)(=O)c1ccc(OCCNC(=O)CN(c2cc(C(F)(F)F)ccc2Cl)S(=O)(=O)c2ccccc2)cc1. The van der Waals surface area contributed by atoms with Crippen molar-refractivity contribution < 1.29 is 39.5 Å². The molecule has 0 aromatic heterocycles. The molecule has 15 heteroatoms. The number of carbonyl (C=O) groups excluding carboxylic acids is 1. The van der Waals surface area contributed by atoms with E-state index < -0.39 is 49.9 Å². The third-order valence-corrected chi connectivity index (χ3v) is 9.38. The summed E-state index contributed by atoms with van der Waals surface area (Å²) < 4.78 is 98.2. The summed E-state index contributed by atoms with van der Waals surface area (Å²) >= 11 is 6.10. The van der Waals surface area contributed by atoms with Gasteiger partial charge in [-0.1, -0.05) is 29.8 Å². The molecule has 3 aromatic rings. The highest BCUT2D eigenvalue weighted by Gasteiger charge is 2.34. The Balaban J connectivity index is 1.74. The lowest BCUT2D eigenvalue weighted by Crippen LogP contribution is -2.42. The number of halogens is 4. The van der Waals surface area contributed by atoms with Gasteiger partial charge < -0.3 is 10.1 Å². The van der Waals surface area contributed by atoms with Gasteiger partial charge in [0.15, 0.2) is 0 Å². The first-order valence-corrected chi connectivity index (χ1v) is 14.8. The Bertz CT molecular complexity index is 1550. The number of hydrogen-bond donors (Lipinski definition) is 1. The maximum Gasteiger partial charge on any atom is 0.416 e. The van der Waals surface area contributed by atoms with Crippen molar-refractivity contribution in [3.8, 4) is 5.75 Å². The predicted molar refractivity (Wildman–Crippen MR) is 143 cm³/mol. The van der Waals surface area contributed by atoms with Crippen LogP contribution in [0.25, 0.3) is 0 Å². The van der Waals surface area contributed by atoms with Crippen LogP contribution in [0.5, 0.6) is 5.75 Å². The van der Waals surface area contributed by atoms with Crippen molar-refractivity contribution in [1.82, 2.24) is 9.62 Å². The molecule has 0 aliphatic rings. The van der Waals surface area contributed by atoms with Gasteiger partial charge in [0.2, 0.25) is 15.9 Å². The number of carbonyl (C=O) groups is 1. The highest BCUT2D eigenvalue weighted by Crippen LogP contribution is 2.37. The van der Waals surface area contributed by atoms with E-state index in [9.17, 15) is 34.8 Å². The molecule has 216 valence electrons. The lowest BCUT2D eigenvalue weighted by atomic mass is 10.2. The van der Waals surface area contributed by atoms with Gasteiger partial charge >= 0.3 is 6.18 Å². The van der Waals surface area contributed by atoms with E-state index in [1.807, 2.05) is 0 Å². The molecule has 0 saturated carbocycles. The summed E-state index contributed by atoms with van der Waals surface area (Å²) in [7, 11) is -5.31. The minimum Gasteiger partial charge on any atom is -0.492 e. The fourth-order valence-corrected chi connectivity index (χ4v) is 5.99. The predicted octanol–water partition coefficient (Wildman–Crippen LogP) is 4.00. The Labute approximate surface area is 235 Å². The normalized spacial score (nSPS) is 12.3. The van der Waals surface area contributed by atoms with Gasteiger partial charge in [-0.15, -0.1) is 0 Å². The Morgan fingerprint density at radius 1 is 0.900 bits per heavy atom. The second kappa shape index (κ2) is 12.5. The average Bonchev–Trinajstić information content (AvgIpc) is 2.90. The second-order valence-electron chi connectivity index (χ2n) is 8.45. The maximum absolute atomic E-state index is 13.4. The van der Waals surface area contributed by atoms with Crippen molar-refractivity contribution in [3.05, 3.63) is 83.4 Å². The van der Waals surface area contributed by atoms with E-state index in [2.05, 4.69) is 5.32 Å². The van der Waals surface area contributed by atoms with E-state index in [1.165, 1.54) is 62.6 Å². The molecule has 0 atom stereocenters. The molecule has 9 nitrogen and oxygen atoms in total. The van der Waals surface area contributed by atoms with Gasteiger partial charge in [-0.2, -0.15) is 13.2 Å². The first-order valence-electron chi connectivity index (χ1n) is 11.5. The first kappa shape index (κ1) is 31.2. The summed E-state index contributed by atoms with van der Waals surface area (Å²) in [6, 6.07) is 14.7. The molecular weight excluding hydrogens is 595 g/mol. The molecule has 0 spiro atoms. The number of ether oxygens (including phenoxy) is 1. The lowest BCUT2D eigenvalue weighted by molar-refractivity contribution is -0.137. The van der Waals surface area contributed by atoms with Crippen LogP contribution in [0.3, 0.4) is 0 Å². The topological polar surface area (TPSA) is 113 Å². The van der Waals surface area contributed by atoms with E-state index in [-0.39, 0.29) is 28.0 Å². The van der Waals surface area contributed by atoms with Crippen LogP contribution in [0.1, 0.15) is 5.56 Å². The molecule has 0 radical (unpaired) electrons. The van der Waals surface area contributed by atoms with E-state index >= 15 is 0 Å². The summed E-state index contributed by atoms with van der Waals surface area (Å²) in [6.07, 6.45) is -4.78. The summed E-state index contributed by atoms with van der Waals surface area (Å²) in [5, 5.41) is 2.15. The van der Waals surface area contributed by atoms with Gasteiger partial charge in [0, 0.05) is 14.1 Å². The quantitative estimate of drug-likeness (QED) is 0.325. The van der Waals surface area contributed by atoms with Crippen LogP contribution < -0.4 is 14.4 Å². The molecule has 0 aliphatic carbocycles. The molecule has 0 aliphatic heterocycles. The number of nitrogens with one attached hydrogen (secondary N) is 1. The van der Waals surface area contributed by atoms with Crippen molar-refractivity contribution in [1.29, 1.82) is 0 Å². The van der Waals surface area contributed by atoms with Crippen LogP contribution >= 0.6 is 11.6 Å². The van der Waals surface area contributed by atoms with Crippen LogP contribution in [-0.2, 0) is 31.0 Å². The van der Waals surface area contributed by atoms with E-state index in [4.69, 9.17) is 16.3 Å². The average molecular weight is 620 g/mol. The zero-order valence-electron chi connectivity index (χ0n) is 21.2. The third-order valence-electron chi connectivity index (χ3n) is 5.46. The van der Waals surface area contributed by atoms with Crippen LogP contribution in [0, 0.1) is 0 Å². The number of nitrogens with zero attached hydrogens (tertiary/aromatic N) is 2. The molecule has 0 bridgehead atoms. The van der Waals surface area contributed by atoms with Crippen molar-refractivity contribution in [2.75, 3.05) is 38.1 Å². The molecule has 0 fully saturated rings. The Morgan fingerprint density at radius 3 is 2.08 bits per heavy atom. The Morgan fingerprint density at radius 2 is 1.50 bits per heavy atom. The minimum atomic E-state index is -4.78. The molecule has 0 unspecified atom stereocenters. The largest absolute Gasteiger partial charge is 0.492 e. The van der Waals surface area contributed by atoms with Gasteiger partial charge in [0.05, 0.1) is 32.6 Å². The molecule has 3 aromatic carbocycles. The monoisotopic (exact) mass is 619 g/mol. The minimum absolute atomic E-state index is 0.0612. The number of alkyl halides is 3. The lowest BCUT2D eigenvalue weighted by Gasteiger charge is -2.25. The standard InChI is InChI=1S/C25H25ClF3N3O6S2/c1-31(2)39(34,35)21-11-9-19(10-12-21)38-15-14-30-24(33)17-32(40(36,37)20-6-4-3-5-7-20)23-16-18(25(27,28)29)8-13-22(23)26/h3-13,16H,14-15,17H2,1-2H3,(H,30,33). The molecule has 3 rings (SSSR count). The number of anilines is 1. The van der Waals surface area contributed by atoms with Crippen molar-refractivity contribution in [3.63, 3.8) is 0 Å². The maximum atomic E-state index is 13.4. The molecular formula is C25H25ClF3N3O6S2. The van der Waals surface area contributed by atoms with Crippen molar-refractivity contribution in [2.45, 2.75) is 16.0 Å². The highest BCUT2D eigenvalue weighted by molar-refractivity contribution is 7.93. The second-order valence-corrected chi connectivity index (χ2v) is 12.9. The number of rotatable bonds is 11. The van der Waals surface area contributed by atoms with Gasteiger partial charge in [0.1, 0.15) is 18.9 Å². The highest BCUT2D eigenvalue weighted by atomic mass is 35.5. The van der Waals surface area contributed by atoms with Crippen molar-refractivity contribution >= 4 is 43.2 Å². The van der Waals surface area contributed by atoms with E-state index in [1.54, 1.807) is 6.07 Å². The molecule has 0 saturated heterocycles. The Hall–Kier alpha value is -3.33. The number of benzene rings is 3. The fourth-order valence-electron chi connectivity index (χ4n) is 3.36. The molecule has 1 amide bonds.